The van der Waals surface area contributed by atoms with Gasteiger partial charge >= 0.3 is 0 Å². The highest BCUT2D eigenvalue weighted by molar-refractivity contribution is 5.96. The Labute approximate surface area is 119 Å². The zero-order valence-electron chi connectivity index (χ0n) is 10.8. The average molecular weight is 283 g/mol. The van der Waals surface area contributed by atoms with Gasteiger partial charge in [0.1, 0.15) is 6.61 Å². The molecule has 1 aliphatic heterocycles. The van der Waals surface area contributed by atoms with E-state index >= 15 is 0 Å². The predicted molar refractivity (Wildman–Crippen MR) is 79.8 cm³/mol. The molecular formula is C14H19ClN2O2. The van der Waals surface area contributed by atoms with Crippen molar-refractivity contribution < 1.29 is 9.53 Å². The number of nitrogen functional groups attached to an aromatic ring is 1. The summed E-state index contributed by atoms with van der Waals surface area (Å²) < 4.78 is 5.20. The monoisotopic (exact) mass is 282 g/mol. The molecule has 4 nitrogen and oxygen atoms in total. The zero-order chi connectivity index (χ0) is 13.0. The number of ether oxygens (including phenoxy) is 1. The van der Waals surface area contributed by atoms with E-state index in [4.69, 9.17) is 10.5 Å². The van der Waals surface area contributed by atoms with Crippen LogP contribution in [0.4, 0.5) is 11.4 Å². The van der Waals surface area contributed by atoms with Gasteiger partial charge in [0, 0.05) is 17.9 Å². The molecule has 5 heteroatoms. The summed E-state index contributed by atoms with van der Waals surface area (Å²) >= 11 is 0. The van der Waals surface area contributed by atoms with Crippen molar-refractivity contribution in [1.29, 1.82) is 0 Å². The third-order valence-corrected chi connectivity index (χ3v) is 3.05. The Morgan fingerprint density at radius 1 is 1.53 bits per heavy atom. The van der Waals surface area contributed by atoms with Crippen LogP contribution in [0.2, 0.25) is 0 Å². The molecule has 1 amide bonds. The van der Waals surface area contributed by atoms with E-state index in [-0.39, 0.29) is 24.9 Å². The molecular weight excluding hydrogens is 264 g/mol. The number of rotatable bonds is 4. The molecule has 1 aromatic carbocycles. The summed E-state index contributed by atoms with van der Waals surface area (Å²) in [5, 5.41) is 0. The van der Waals surface area contributed by atoms with Gasteiger partial charge in [0.25, 0.3) is 5.91 Å². The van der Waals surface area contributed by atoms with E-state index in [1.165, 1.54) is 0 Å². The summed E-state index contributed by atoms with van der Waals surface area (Å²) in [6, 6.07) is 5.70. The minimum atomic E-state index is -0.0246. The first kappa shape index (κ1) is 15.5. The normalized spacial score (nSPS) is 13.4. The summed E-state index contributed by atoms with van der Waals surface area (Å²) in [6.45, 7) is 4.76. The third-order valence-electron chi connectivity index (χ3n) is 3.05. The number of nitrogens with two attached hydrogens (primary N) is 1. The number of hydrogen-bond donors (Lipinski definition) is 1. The zero-order valence-corrected chi connectivity index (χ0v) is 11.6. The SMILES string of the molecule is C=CCOCC(=O)N1CCCc2c(N)cccc21.Cl. The molecule has 19 heavy (non-hydrogen) atoms. The molecule has 0 bridgehead atoms. The Morgan fingerprint density at radius 3 is 3.05 bits per heavy atom. The molecule has 1 aliphatic rings. The fourth-order valence-corrected chi connectivity index (χ4v) is 2.22. The van der Waals surface area contributed by atoms with Gasteiger partial charge in [-0.05, 0) is 30.5 Å². The second-order valence-corrected chi connectivity index (χ2v) is 4.30. The minimum absolute atomic E-state index is 0. The number of nitrogens with zero attached hydrogens (tertiary/aromatic N) is 1. The topological polar surface area (TPSA) is 55.6 Å². The van der Waals surface area contributed by atoms with E-state index in [9.17, 15) is 4.79 Å². The van der Waals surface area contributed by atoms with Gasteiger partial charge in [-0.3, -0.25) is 4.79 Å². The smallest absolute Gasteiger partial charge is 0.252 e. The molecule has 0 unspecified atom stereocenters. The van der Waals surface area contributed by atoms with Crippen LogP contribution in [-0.2, 0) is 16.0 Å². The molecule has 1 heterocycles. The van der Waals surface area contributed by atoms with Gasteiger partial charge in [0.05, 0.1) is 6.61 Å². The molecule has 0 atom stereocenters. The van der Waals surface area contributed by atoms with Gasteiger partial charge in [0.2, 0.25) is 0 Å². The third kappa shape index (κ3) is 3.49. The van der Waals surface area contributed by atoms with Gasteiger partial charge in [0.15, 0.2) is 0 Å². The molecule has 0 aliphatic carbocycles. The lowest BCUT2D eigenvalue weighted by molar-refractivity contribution is -0.122. The summed E-state index contributed by atoms with van der Waals surface area (Å²) in [6.07, 6.45) is 3.50. The van der Waals surface area contributed by atoms with Crippen LogP contribution >= 0.6 is 12.4 Å². The van der Waals surface area contributed by atoms with Gasteiger partial charge in [-0.15, -0.1) is 19.0 Å². The fraction of sp³-hybridized carbons (Fsp3) is 0.357. The molecule has 0 radical (unpaired) electrons. The number of anilines is 2. The van der Waals surface area contributed by atoms with Crippen LogP contribution in [0.3, 0.4) is 0 Å². The van der Waals surface area contributed by atoms with Crippen molar-refractivity contribution in [3.05, 3.63) is 36.4 Å². The molecule has 0 saturated heterocycles. The highest BCUT2D eigenvalue weighted by atomic mass is 35.5. The summed E-state index contributed by atoms with van der Waals surface area (Å²) in [7, 11) is 0. The first-order valence-electron chi connectivity index (χ1n) is 6.10. The Bertz CT molecular complexity index is 463. The van der Waals surface area contributed by atoms with Crippen molar-refractivity contribution >= 4 is 29.7 Å². The lowest BCUT2D eigenvalue weighted by atomic mass is 10.00. The van der Waals surface area contributed by atoms with Crippen molar-refractivity contribution in [3.63, 3.8) is 0 Å². The molecule has 1 aromatic rings. The number of halogens is 1. The lowest BCUT2D eigenvalue weighted by Gasteiger charge is -2.30. The van der Waals surface area contributed by atoms with Crippen LogP contribution in [0.15, 0.2) is 30.9 Å². The number of carbonyl (C=O) groups is 1. The van der Waals surface area contributed by atoms with Gasteiger partial charge in [-0.1, -0.05) is 12.1 Å². The first-order valence-corrected chi connectivity index (χ1v) is 6.10. The Kier molecular flexibility index (Phi) is 5.86. The van der Waals surface area contributed by atoms with Crippen molar-refractivity contribution in [2.45, 2.75) is 12.8 Å². The summed E-state index contributed by atoms with van der Waals surface area (Å²) in [5.41, 5.74) is 8.70. The number of fused-ring (bicyclic) bond motifs is 1. The maximum absolute atomic E-state index is 12.1. The van der Waals surface area contributed by atoms with Crippen LogP contribution in [0.25, 0.3) is 0 Å². The van der Waals surface area contributed by atoms with E-state index in [1.807, 2.05) is 18.2 Å². The second kappa shape index (κ2) is 7.16. The maximum atomic E-state index is 12.1. The van der Waals surface area contributed by atoms with Gasteiger partial charge in [-0.25, -0.2) is 0 Å². The molecule has 0 spiro atoms. The van der Waals surface area contributed by atoms with E-state index < -0.39 is 0 Å². The fourth-order valence-electron chi connectivity index (χ4n) is 2.22. The largest absolute Gasteiger partial charge is 0.398 e. The van der Waals surface area contributed by atoms with Crippen LogP contribution in [-0.4, -0.2) is 25.7 Å². The van der Waals surface area contributed by atoms with Crippen LogP contribution < -0.4 is 10.6 Å². The highest BCUT2D eigenvalue weighted by Crippen LogP contribution is 2.31. The Morgan fingerprint density at radius 2 is 2.32 bits per heavy atom. The van der Waals surface area contributed by atoms with E-state index in [0.717, 1.165) is 36.3 Å². The molecule has 2 rings (SSSR count). The molecule has 0 fully saturated rings. The molecule has 2 N–H and O–H groups in total. The minimum Gasteiger partial charge on any atom is -0.398 e. The highest BCUT2D eigenvalue weighted by Gasteiger charge is 2.23. The van der Waals surface area contributed by atoms with Gasteiger partial charge in [-0.2, -0.15) is 0 Å². The lowest BCUT2D eigenvalue weighted by Crippen LogP contribution is -2.38. The Balaban J connectivity index is 0.00000180. The van der Waals surface area contributed by atoms with Crippen molar-refractivity contribution in [3.8, 4) is 0 Å². The first-order chi connectivity index (χ1) is 8.74. The van der Waals surface area contributed by atoms with Crippen molar-refractivity contribution in [2.24, 2.45) is 0 Å². The van der Waals surface area contributed by atoms with Gasteiger partial charge < -0.3 is 15.4 Å². The predicted octanol–water partition coefficient (Wildman–Crippen LogP) is 2.17. The molecule has 104 valence electrons. The van der Waals surface area contributed by atoms with E-state index in [0.29, 0.717) is 6.61 Å². The van der Waals surface area contributed by atoms with Crippen LogP contribution in [0.5, 0.6) is 0 Å². The quantitative estimate of drug-likeness (QED) is 0.523. The standard InChI is InChI=1S/C14H18N2O2.ClH/c1-2-9-18-10-14(17)16-8-4-5-11-12(15)6-3-7-13(11)16;/h2-3,6-7H,1,4-5,8-10,15H2;1H. The summed E-state index contributed by atoms with van der Waals surface area (Å²) in [4.78, 5) is 13.8. The second-order valence-electron chi connectivity index (χ2n) is 4.30. The van der Waals surface area contributed by atoms with E-state index in [1.54, 1.807) is 11.0 Å². The number of benzene rings is 1. The summed E-state index contributed by atoms with van der Waals surface area (Å²) in [5.74, 6) is -0.0246. The van der Waals surface area contributed by atoms with Crippen LogP contribution in [0, 0.1) is 0 Å². The average Bonchev–Trinajstić information content (AvgIpc) is 2.39. The maximum Gasteiger partial charge on any atom is 0.252 e. The van der Waals surface area contributed by atoms with Crippen molar-refractivity contribution in [2.75, 3.05) is 30.4 Å². The number of hydrogen-bond acceptors (Lipinski definition) is 3. The van der Waals surface area contributed by atoms with E-state index in [2.05, 4.69) is 6.58 Å². The molecule has 0 aromatic heterocycles. The van der Waals surface area contributed by atoms with Crippen molar-refractivity contribution in [1.82, 2.24) is 0 Å². The Hall–Kier alpha value is -1.52. The number of carbonyl (C=O) groups excluding carboxylic acids is 1. The molecule has 0 saturated carbocycles. The van der Waals surface area contributed by atoms with Crippen LogP contribution in [0.1, 0.15) is 12.0 Å². The number of amides is 1.